The van der Waals surface area contributed by atoms with Crippen LogP contribution in [0.4, 0.5) is 31.1 Å². The minimum absolute atomic E-state index is 0.0329. The molecule has 3 atom stereocenters. The Balaban J connectivity index is 1.69. The van der Waals surface area contributed by atoms with Crippen LogP contribution in [-0.2, 0) is 22.7 Å². The van der Waals surface area contributed by atoms with Gasteiger partial charge in [0.1, 0.15) is 29.8 Å². The highest BCUT2D eigenvalue weighted by Crippen LogP contribution is 2.42. The van der Waals surface area contributed by atoms with E-state index in [4.69, 9.17) is 13.9 Å². The lowest BCUT2D eigenvalue weighted by Gasteiger charge is -2.46. The van der Waals surface area contributed by atoms with E-state index in [2.05, 4.69) is 9.97 Å². The maximum absolute atomic E-state index is 14.1. The number of nitrogens with zero attached hydrogens (tertiary/aromatic N) is 4. The van der Waals surface area contributed by atoms with Crippen molar-refractivity contribution in [2.24, 2.45) is 0 Å². The molecule has 1 aliphatic rings. The normalized spacial score (nSPS) is 22.2. The number of aliphatic hydroxyl groups is 1. The Labute approximate surface area is 237 Å². The first kappa shape index (κ1) is 31.4. The van der Waals surface area contributed by atoms with Crippen molar-refractivity contribution in [3.63, 3.8) is 0 Å². The highest BCUT2D eigenvalue weighted by atomic mass is 19.4. The van der Waals surface area contributed by atoms with Gasteiger partial charge in [0.15, 0.2) is 5.69 Å². The van der Waals surface area contributed by atoms with Gasteiger partial charge in [-0.2, -0.15) is 26.3 Å². The number of aromatic nitrogens is 3. The van der Waals surface area contributed by atoms with E-state index in [9.17, 15) is 36.2 Å². The molecular weight excluding hydrogens is 574 g/mol. The third kappa shape index (κ3) is 6.45. The Bertz CT molecular complexity index is 1440. The number of carbonyl (C=O) groups excluding carboxylic acids is 1. The molecule has 0 radical (unpaired) electrons. The number of piperidine rings is 1. The molecule has 1 amide bonds. The molecule has 42 heavy (non-hydrogen) atoms. The van der Waals surface area contributed by atoms with Crippen LogP contribution in [0.1, 0.15) is 77.6 Å². The van der Waals surface area contributed by atoms with Crippen LogP contribution >= 0.6 is 0 Å². The number of fused-ring (bicyclic) bond motifs is 1. The number of hydrogen-bond donors (Lipinski definition) is 1. The summed E-state index contributed by atoms with van der Waals surface area (Å²) in [6.45, 7) is 9.44. The Morgan fingerprint density at radius 2 is 1.81 bits per heavy atom. The summed E-state index contributed by atoms with van der Waals surface area (Å²) in [5.41, 5.74) is -5.36. The van der Waals surface area contributed by atoms with Crippen LogP contribution in [0, 0.1) is 0 Å². The third-order valence-electron chi connectivity index (χ3n) is 6.82. The van der Waals surface area contributed by atoms with Gasteiger partial charge in [-0.15, -0.1) is 0 Å². The van der Waals surface area contributed by atoms with Crippen LogP contribution in [0.3, 0.4) is 0 Å². The fourth-order valence-electron chi connectivity index (χ4n) is 5.12. The maximum Gasteiger partial charge on any atom is 0.436 e. The largest absolute Gasteiger partial charge is 0.491 e. The number of rotatable bonds is 5. The second-order valence-electron chi connectivity index (χ2n) is 11.8. The van der Waals surface area contributed by atoms with E-state index in [0.29, 0.717) is 6.26 Å². The molecule has 4 rings (SSSR count). The van der Waals surface area contributed by atoms with E-state index in [-0.39, 0.29) is 29.2 Å². The number of hydrogen-bond acceptors (Lipinski definition) is 7. The van der Waals surface area contributed by atoms with Gasteiger partial charge in [0.05, 0.1) is 29.0 Å². The average Bonchev–Trinajstić information content (AvgIpc) is 3.48. The molecule has 1 aliphatic heterocycles. The molecule has 232 valence electrons. The molecule has 0 spiro atoms. The standard InChI is InChI=1S/C27H32F6N4O5/c1-14(2)36-13-34-19-8-17(7-18(21(19)36)26(28,29)30)40-11-16-10-25(39,22-35-20(12-41-22)27(31,32)33)9-15(3)37(16)23(38)42-24(4,5)6/h7-8,12-16,39H,9-11H2,1-6H3/t15-,16-,25-/m0/s1. The van der Waals surface area contributed by atoms with Crippen molar-refractivity contribution in [3.05, 3.63) is 41.9 Å². The summed E-state index contributed by atoms with van der Waals surface area (Å²) in [5.74, 6) is -0.805. The van der Waals surface area contributed by atoms with Crippen LogP contribution in [0.15, 0.2) is 29.1 Å². The topological polar surface area (TPSA) is 103 Å². The van der Waals surface area contributed by atoms with Crippen molar-refractivity contribution in [3.8, 4) is 5.75 Å². The number of benzene rings is 1. The molecule has 1 fully saturated rings. The first-order valence-corrected chi connectivity index (χ1v) is 13.2. The summed E-state index contributed by atoms with van der Waals surface area (Å²) in [5, 5.41) is 11.4. The lowest BCUT2D eigenvalue weighted by Crippen LogP contribution is -2.58. The van der Waals surface area contributed by atoms with Crippen molar-refractivity contribution in [1.29, 1.82) is 0 Å². The average molecular weight is 607 g/mol. The third-order valence-corrected chi connectivity index (χ3v) is 6.82. The summed E-state index contributed by atoms with van der Waals surface area (Å²) < 4.78 is 99.4. The highest BCUT2D eigenvalue weighted by molar-refractivity contribution is 5.81. The monoisotopic (exact) mass is 606 g/mol. The van der Waals surface area contributed by atoms with Gasteiger partial charge in [0.2, 0.25) is 5.89 Å². The van der Waals surface area contributed by atoms with Crippen molar-refractivity contribution in [2.75, 3.05) is 6.61 Å². The molecule has 0 bridgehead atoms. The number of amides is 1. The Kier molecular flexibility index (Phi) is 7.98. The number of likely N-dealkylation sites (tertiary alicyclic amines) is 1. The smallest absolute Gasteiger partial charge is 0.436 e. The quantitative estimate of drug-likeness (QED) is 0.323. The van der Waals surface area contributed by atoms with E-state index in [1.54, 1.807) is 41.5 Å². The van der Waals surface area contributed by atoms with Crippen molar-refractivity contribution in [2.45, 2.75) is 96.1 Å². The minimum Gasteiger partial charge on any atom is -0.491 e. The van der Waals surface area contributed by atoms with E-state index >= 15 is 0 Å². The predicted molar refractivity (Wildman–Crippen MR) is 137 cm³/mol. The van der Waals surface area contributed by atoms with Gasteiger partial charge < -0.3 is 23.6 Å². The van der Waals surface area contributed by atoms with Crippen LogP contribution < -0.4 is 4.74 Å². The van der Waals surface area contributed by atoms with Gasteiger partial charge in [-0.05, 0) is 47.6 Å². The first-order valence-electron chi connectivity index (χ1n) is 13.2. The van der Waals surface area contributed by atoms with Gasteiger partial charge in [-0.25, -0.2) is 14.8 Å². The van der Waals surface area contributed by atoms with Crippen LogP contribution in [0.5, 0.6) is 5.75 Å². The zero-order chi connectivity index (χ0) is 31.4. The summed E-state index contributed by atoms with van der Waals surface area (Å²) in [7, 11) is 0. The van der Waals surface area contributed by atoms with Crippen molar-refractivity contribution >= 4 is 17.1 Å². The number of halogens is 6. The summed E-state index contributed by atoms with van der Waals surface area (Å²) in [6, 6.07) is -0.0390. The lowest BCUT2D eigenvalue weighted by molar-refractivity contribution is -0.141. The van der Waals surface area contributed by atoms with Crippen LogP contribution in [0.25, 0.3) is 11.0 Å². The van der Waals surface area contributed by atoms with Crippen LogP contribution in [-0.4, -0.2) is 54.9 Å². The number of imidazole rings is 1. The van der Waals surface area contributed by atoms with Gasteiger partial charge in [-0.1, -0.05) is 0 Å². The first-order chi connectivity index (χ1) is 19.2. The molecule has 0 saturated carbocycles. The molecule has 3 heterocycles. The SMILES string of the molecule is CC(C)n1cnc2cc(OC[C@@H]3C[C@](O)(c4nc(C(F)(F)F)co4)C[C@H](C)N3C(=O)OC(C)(C)C)cc(C(F)(F)F)c21. The molecule has 0 unspecified atom stereocenters. The van der Waals surface area contributed by atoms with E-state index in [1.165, 1.54) is 21.9 Å². The molecule has 1 saturated heterocycles. The van der Waals surface area contributed by atoms with Crippen molar-refractivity contribution < 1.29 is 50.1 Å². The predicted octanol–water partition coefficient (Wildman–Crippen LogP) is 6.70. The Morgan fingerprint density at radius 1 is 1.14 bits per heavy atom. The highest BCUT2D eigenvalue weighted by Gasteiger charge is 2.50. The number of ether oxygens (including phenoxy) is 2. The molecule has 15 heteroatoms. The lowest BCUT2D eigenvalue weighted by atomic mass is 9.82. The fourth-order valence-corrected chi connectivity index (χ4v) is 5.12. The van der Waals surface area contributed by atoms with Gasteiger partial charge in [-0.3, -0.25) is 4.90 Å². The Hall–Kier alpha value is -3.49. The van der Waals surface area contributed by atoms with Crippen LogP contribution in [0.2, 0.25) is 0 Å². The molecule has 1 aromatic carbocycles. The molecule has 3 aromatic rings. The summed E-state index contributed by atoms with van der Waals surface area (Å²) in [6.07, 6.45) is -9.33. The molecule has 0 aliphatic carbocycles. The number of alkyl halides is 6. The van der Waals surface area contributed by atoms with Gasteiger partial charge in [0, 0.05) is 31.0 Å². The maximum atomic E-state index is 14.1. The van der Waals surface area contributed by atoms with Crippen molar-refractivity contribution in [1.82, 2.24) is 19.4 Å². The summed E-state index contributed by atoms with van der Waals surface area (Å²) in [4.78, 5) is 22.0. The molecule has 9 nitrogen and oxygen atoms in total. The van der Waals surface area contributed by atoms with E-state index in [0.717, 1.165) is 6.07 Å². The fraction of sp³-hybridized carbons (Fsp3) is 0.593. The molecule has 2 aromatic heterocycles. The molecule has 1 N–H and O–H groups in total. The second-order valence-corrected chi connectivity index (χ2v) is 11.8. The number of carbonyl (C=O) groups is 1. The van der Waals surface area contributed by atoms with E-state index in [1.807, 2.05) is 0 Å². The zero-order valence-corrected chi connectivity index (χ0v) is 23.8. The van der Waals surface area contributed by atoms with Gasteiger partial charge >= 0.3 is 18.4 Å². The second kappa shape index (κ2) is 10.7. The van der Waals surface area contributed by atoms with E-state index < -0.39 is 71.9 Å². The molecular formula is C27H32F6N4O5. The van der Waals surface area contributed by atoms with Gasteiger partial charge in [0.25, 0.3) is 0 Å². The Morgan fingerprint density at radius 3 is 2.36 bits per heavy atom. The zero-order valence-electron chi connectivity index (χ0n) is 23.8. The number of oxazole rings is 1. The minimum atomic E-state index is -4.82. The summed E-state index contributed by atoms with van der Waals surface area (Å²) >= 11 is 0.